The van der Waals surface area contributed by atoms with Gasteiger partial charge in [-0.15, -0.1) is 0 Å². The van der Waals surface area contributed by atoms with Crippen molar-refractivity contribution in [3.05, 3.63) is 46.9 Å². The number of likely N-dealkylation sites (N-methyl/N-ethyl adjacent to an activating group) is 1. The third kappa shape index (κ3) is 4.76. The quantitative estimate of drug-likeness (QED) is 0.842. The molecule has 25 heavy (non-hydrogen) atoms. The van der Waals surface area contributed by atoms with Crippen molar-refractivity contribution in [2.45, 2.75) is 20.8 Å². The molecule has 7 heteroatoms. The summed E-state index contributed by atoms with van der Waals surface area (Å²) in [5, 5.41) is 6.99. The molecule has 0 aliphatic rings. The molecule has 2 aromatic heterocycles. The van der Waals surface area contributed by atoms with Crippen LogP contribution in [-0.4, -0.2) is 45.1 Å². The van der Waals surface area contributed by atoms with Crippen molar-refractivity contribution >= 4 is 23.7 Å². The van der Waals surface area contributed by atoms with Gasteiger partial charge in [-0.3, -0.25) is 14.3 Å². The molecule has 0 fully saturated rings. The number of aromatic nitrogens is 3. The molecule has 0 atom stereocenters. The van der Waals surface area contributed by atoms with Gasteiger partial charge in [0, 0.05) is 37.6 Å². The minimum Gasteiger partial charge on any atom is -0.333 e. The predicted molar refractivity (Wildman–Crippen MR) is 97.0 cm³/mol. The minimum absolute atomic E-state index is 0.0518. The van der Waals surface area contributed by atoms with Gasteiger partial charge < -0.3 is 10.2 Å². The van der Waals surface area contributed by atoms with E-state index in [1.54, 1.807) is 30.1 Å². The van der Waals surface area contributed by atoms with Gasteiger partial charge >= 0.3 is 0 Å². The summed E-state index contributed by atoms with van der Waals surface area (Å²) in [5.41, 5.74) is 3.75. The summed E-state index contributed by atoms with van der Waals surface area (Å²) in [5.74, 6) is -0.0749. The van der Waals surface area contributed by atoms with E-state index >= 15 is 0 Å². The second-order valence-electron chi connectivity index (χ2n) is 6.00. The lowest BCUT2D eigenvalue weighted by atomic mass is 10.2. The van der Waals surface area contributed by atoms with Gasteiger partial charge in [-0.25, -0.2) is 4.98 Å². The molecule has 0 aliphatic carbocycles. The monoisotopic (exact) mass is 341 g/mol. The Morgan fingerprint density at radius 2 is 2.04 bits per heavy atom. The highest BCUT2D eigenvalue weighted by molar-refractivity contribution is 5.97. The highest BCUT2D eigenvalue weighted by atomic mass is 16.2. The lowest BCUT2D eigenvalue weighted by Crippen LogP contribution is -2.34. The van der Waals surface area contributed by atoms with Gasteiger partial charge in [0.1, 0.15) is 5.82 Å². The van der Waals surface area contributed by atoms with E-state index in [9.17, 15) is 9.59 Å². The van der Waals surface area contributed by atoms with E-state index in [1.165, 1.54) is 11.0 Å². The normalized spacial score (nSPS) is 10.9. The molecule has 132 valence electrons. The number of amides is 2. The van der Waals surface area contributed by atoms with Crippen molar-refractivity contribution in [1.29, 1.82) is 0 Å². The lowest BCUT2D eigenvalue weighted by Gasteiger charge is -2.14. The van der Waals surface area contributed by atoms with Gasteiger partial charge in [0.15, 0.2) is 0 Å². The summed E-state index contributed by atoms with van der Waals surface area (Å²) in [4.78, 5) is 29.7. The molecule has 0 bridgehead atoms. The number of nitrogens with zero attached hydrogens (tertiary/aromatic N) is 4. The van der Waals surface area contributed by atoms with Crippen LogP contribution in [0.3, 0.4) is 0 Å². The fourth-order valence-electron chi connectivity index (χ4n) is 2.39. The molecule has 0 radical (unpaired) electrons. The van der Waals surface area contributed by atoms with Crippen LogP contribution in [0.4, 0.5) is 5.82 Å². The van der Waals surface area contributed by atoms with E-state index in [4.69, 9.17) is 0 Å². The van der Waals surface area contributed by atoms with Crippen LogP contribution < -0.4 is 5.32 Å². The van der Waals surface area contributed by atoms with Crippen LogP contribution >= 0.6 is 0 Å². The SMILES string of the molecule is Cc1ccnc(NC(=O)CN(C)C(=O)/C=C/c2c(C)nn(C)c2C)c1. The first-order valence-electron chi connectivity index (χ1n) is 7.94. The summed E-state index contributed by atoms with van der Waals surface area (Å²) in [6.45, 7) is 5.70. The molecule has 0 aliphatic heterocycles. The molecule has 0 aromatic carbocycles. The molecule has 0 saturated heterocycles. The Hall–Kier alpha value is -2.96. The van der Waals surface area contributed by atoms with Gasteiger partial charge in [-0.2, -0.15) is 5.10 Å². The van der Waals surface area contributed by atoms with Crippen LogP contribution in [0.15, 0.2) is 24.4 Å². The third-order valence-electron chi connectivity index (χ3n) is 3.90. The summed E-state index contributed by atoms with van der Waals surface area (Å²) in [7, 11) is 3.44. The van der Waals surface area contributed by atoms with E-state index in [0.717, 1.165) is 22.5 Å². The third-order valence-corrected chi connectivity index (χ3v) is 3.90. The maximum Gasteiger partial charge on any atom is 0.246 e. The highest BCUT2D eigenvalue weighted by Crippen LogP contribution is 2.13. The van der Waals surface area contributed by atoms with Crippen LogP contribution in [-0.2, 0) is 16.6 Å². The largest absolute Gasteiger partial charge is 0.333 e. The molecule has 2 rings (SSSR count). The van der Waals surface area contributed by atoms with E-state index in [-0.39, 0.29) is 18.4 Å². The van der Waals surface area contributed by atoms with Gasteiger partial charge in [-0.1, -0.05) is 0 Å². The minimum atomic E-state index is -0.295. The molecule has 0 saturated carbocycles. The van der Waals surface area contributed by atoms with Gasteiger partial charge in [0.2, 0.25) is 11.8 Å². The molecule has 2 aromatic rings. The van der Waals surface area contributed by atoms with Crippen molar-refractivity contribution in [2.75, 3.05) is 18.9 Å². The Morgan fingerprint density at radius 1 is 1.32 bits per heavy atom. The number of anilines is 1. The molecular formula is C18H23N5O2. The zero-order valence-electron chi connectivity index (χ0n) is 15.2. The van der Waals surface area contributed by atoms with Crippen molar-refractivity contribution in [2.24, 2.45) is 7.05 Å². The van der Waals surface area contributed by atoms with Crippen molar-refractivity contribution in [1.82, 2.24) is 19.7 Å². The summed E-state index contributed by atoms with van der Waals surface area (Å²) in [6.07, 6.45) is 4.81. The molecule has 1 N–H and O–H groups in total. The first-order valence-corrected chi connectivity index (χ1v) is 7.94. The molecule has 0 unspecified atom stereocenters. The second-order valence-corrected chi connectivity index (χ2v) is 6.00. The topological polar surface area (TPSA) is 80.1 Å². The maximum atomic E-state index is 12.2. The fraction of sp³-hybridized carbons (Fsp3) is 0.333. The Balaban J connectivity index is 1.95. The van der Waals surface area contributed by atoms with Crippen LogP contribution in [0.1, 0.15) is 22.5 Å². The molecular weight excluding hydrogens is 318 g/mol. The molecule has 0 spiro atoms. The smallest absolute Gasteiger partial charge is 0.246 e. The Morgan fingerprint density at radius 3 is 2.64 bits per heavy atom. The van der Waals surface area contributed by atoms with E-state index in [1.807, 2.05) is 33.9 Å². The van der Waals surface area contributed by atoms with Crippen molar-refractivity contribution in [3.8, 4) is 0 Å². The number of rotatable bonds is 5. The van der Waals surface area contributed by atoms with Crippen LogP contribution in [0.5, 0.6) is 0 Å². The molecule has 2 amide bonds. The zero-order chi connectivity index (χ0) is 18.6. The number of carbonyl (C=O) groups is 2. The molecule has 7 nitrogen and oxygen atoms in total. The second kappa shape index (κ2) is 7.74. The number of carbonyl (C=O) groups excluding carboxylic acids is 2. The van der Waals surface area contributed by atoms with Gasteiger partial charge in [0.05, 0.1) is 12.2 Å². The summed E-state index contributed by atoms with van der Waals surface area (Å²) < 4.78 is 1.77. The summed E-state index contributed by atoms with van der Waals surface area (Å²) >= 11 is 0. The Bertz CT molecular complexity index is 823. The average molecular weight is 341 g/mol. The van der Waals surface area contributed by atoms with E-state index in [0.29, 0.717) is 5.82 Å². The number of pyridine rings is 1. The number of hydrogen-bond donors (Lipinski definition) is 1. The number of hydrogen-bond acceptors (Lipinski definition) is 4. The molecule has 2 heterocycles. The van der Waals surface area contributed by atoms with E-state index in [2.05, 4.69) is 15.4 Å². The first-order chi connectivity index (χ1) is 11.8. The average Bonchev–Trinajstić information content (AvgIpc) is 2.77. The standard InChI is InChI=1S/C18H23N5O2/c1-12-8-9-19-16(10-12)20-17(24)11-22(4)18(25)7-6-15-13(2)21-23(5)14(15)3/h6-10H,11H2,1-5H3,(H,19,20,24)/b7-6+. The van der Waals surface area contributed by atoms with Crippen LogP contribution in [0.2, 0.25) is 0 Å². The predicted octanol–water partition coefficient (Wildman–Crippen LogP) is 1.85. The van der Waals surface area contributed by atoms with E-state index < -0.39 is 0 Å². The Kier molecular flexibility index (Phi) is 5.69. The zero-order valence-corrected chi connectivity index (χ0v) is 15.2. The highest BCUT2D eigenvalue weighted by Gasteiger charge is 2.12. The summed E-state index contributed by atoms with van der Waals surface area (Å²) in [6, 6.07) is 3.62. The lowest BCUT2D eigenvalue weighted by molar-refractivity contribution is -0.129. The van der Waals surface area contributed by atoms with Gasteiger partial charge in [-0.05, 0) is 44.5 Å². The Labute approximate surface area is 147 Å². The fourth-order valence-corrected chi connectivity index (χ4v) is 2.39. The maximum absolute atomic E-state index is 12.2. The van der Waals surface area contributed by atoms with Crippen molar-refractivity contribution < 1.29 is 9.59 Å². The number of aryl methyl sites for hydroxylation is 3. The van der Waals surface area contributed by atoms with Gasteiger partial charge in [0.25, 0.3) is 0 Å². The van der Waals surface area contributed by atoms with Crippen molar-refractivity contribution in [3.63, 3.8) is 0 Å². The number of nitrogens with one attached hydrogen (secondary N) is 1. The van der Waals surface area contributed by atoms with Crippen LogP contribution in [0, 0.1) is 20.8 Å². The first kappa shape index (κ1) is 18.4. The van der Waals surface area contributed by atoms with Crippen LogP contribution in [0.25, 0.3) is 6.08 Å².